The van der Waals surface area contributed by atoms with Gasteiger partial charge < -0.3 is 19.7 Å². The first-order valence-corrected chi connectivity index (χ1v) is 10.2. The van der Waals surface area contributed by atoms with Crippen molar-refractivity contribution >= 4 is 23.2 Å². The highest BCUT2D eigenvalue weighted by Gasteiger charge is 2.36. The largest absolute Gasteiger partial charge is 0.491 e. The molecule has 2 heterocycles. The van der Waals surface area contributed by atoms with Crippen molar-refractivity contribution in [3.05, 3.63) is 53.8 Å². The highest BCUT2D eigenvalue weighted by molar-refractivity contribution is 6.03. The number of nitrogens with one attached hydrogen (secondary N) is 1. The lowest BCUT2D eigenvalue weighted by Crippen LogP contribution is -2.28. The Labute approximate surface area is 175 Å². The van der Waals surface area contributed by atoms with E-state index in [0.29, 0.717) is 18.0 Å². The molecular formula is C23H25FN2O4. The van der Waals surface area contributed by atoms with Crippen LogP contribution < -0.4 is 15.0 Å². The number of amides is 2. The molecule has 0 spiro atoms. The Morgan fingerprint density at radius 1 is 1.30 bits per heavy atom. The van der Waals surface area contributed by atoms with Gasteiger partial charge in [0, 0.05) is 31.3 Å². The van der Waals surface area contributed by atoms with Crippen LogP contribution in [-0.2, 0) is 14.3 Å². The summed E-state index contributed by atoms with van der Waals surface area (Å²) < 4.78 is 25.6. The highest BCUT2D eigenvalue weighted by Crippen LogP contribution is 2.29. The van der Waals surface area contributed by atoms with Crippen LogP contribution in [0.1, 0.15) is 24.8 Å². The van der Waals surface area contributed by atoms with Gasteiger partial charge in [-0.2, -0.15) is 0 Å². The van der Waals surface area contributed by atoms with E-state index in [1.165, 1.54) is 11.0 Å². The molecule has 0 bridgehead atoms. The fourth-order valence-electron chi connectivity index (χ4n) is 3.82. The van der Waals surface area contributed by atoms with Crippen molar-refractivity contribution in [2.75, 3.05) is 30.0 Å². The molecule has 2 aliphatic rings. The maximum atomic E-state index is 14.3. The second-order valence-electron chi connectivity index (χ2n) is 7.82. The van der Waals surface area contributed by atoms with Gasteiger partial charge in [0.05, 0.1) is 17.7 Å². The normalized spacial score (nSPS) is 21.1. The smallest absolute Gasteiger partial charge is 0.229 e. The number of benzene rings is 2. The van der Waals surface area contributed by atoms with Crippen LogP contribution in [-0.4, -0.2) is 37.7 Å². The van der Waals surface area contributed by atoms with E-state index in [9.17, 15) is 14.0 Å². The molecular weight excluding hydrogens is 387 g/mol. The molecule has 2 fully saturated rings. The van der Waals surface area contributed by atoms with Crippen molar-refractivity contribution in [1.82, 2.24) is 0 Å². The number of anilines is 2. The average molecular weight is 412 g/mol. The van der Waals surface area contributed by atoms with E-state index in [1.54, 1.807) is 37.3 Å². The minimum Gasteiger partial charge on any atom is -0.491 e. The minimum atomic E-state index is -0.547. The van der Waals surface area contributed by atoms with Crippen molar-refractivity contribution in [3.63, 3.8) is 0 Å². The van der Waals surface area contributed by atoms with Gasteiger partial charge in [-0.1, -0.05) is 12.1 Å². The summed E-state index contributed by atoms with van der Waals surface area (Å²) in [6.07, 6.45) is 2.20. The maximum Gasteiger partial charge on any atom is 0.229 e. The second kappa shape index (κ2) is 8.83. The molecule has 7 heteroatoms. The van der Waals surface area contributed by atoms with E-state index in [4.69, 9.17) is 9.47 Å². The first-order valence-electron chi connectivity index (χ1n) is 10.2. The molecule has 2 atom stereocenters. The van der Waals surface area contributed by atoms with Crippen LogP contribution in [0.4, 0.5) is 15.8 Å². The summed E-state index contributed by atoms with van der Waals surface area (Å²) in [5.74, 6) is -0.884. The van der Waals surface area contributed by atoms with Gasteiger partial charge in [-0.05, 0) is 49.6 Å². The molecule has 4 rings (SSSR count). The Balaban J connectivity index is 1.37. The predicted octanol–water partition coefficient (Wildman–Crippen LogP) is 3.68. The first kappa shape index (κ1) is 20.3. The maximum absolute atomic E-state index is 14.3. The molecule has 0 saturated carbocycles. The van der Waals surface area contributed by atoms with Crippen LogP contribution in [0.2, 0.25) is 0 Å². The van der Waals surface area contributed by atoms with Crippen molar-refractivity contribution in [1.29, 1.82) is 0 Å². The number of rotatable bonds is 6. The van der Waals surface area contributed by atoms with Crippen LogP contribution in [0.25, 0.3) is 0 Å². The van der Waals surface area contributed by atoms with Crippen molar-refractivity contribution in [2.24, 2.45) is 5.92 Å². The molecule has 158 valence electrons. The molecule has 1 N–H and O–H groups in total. The van der Waals surface area contributed by atoms with Crippen molar-refractivity contribution in [2.45, 2.75) is 32.3 Å². The summed E-state index contributed by atoms with van der Waals surface area (Å²) in [7, 11) is 0. The number of hydrogen-bond acceptors (Lipinski definition) is 4. The van der Waals surface area contributed by atoms with Gasteiger partial charge in [-0.3, -0.25) is 9.59 Å². The standard InChI is InChI=1S/C23H25FN2O4/c1-15-7-8-21(20(24)10-15)26-13-16(11-22(26)27)23(28)25-17-4-2-5-18(12-17)30-14-19-6-3-9-29-19/h2,4-5,7-8,10,12,16,19H,3,6,9,11,13-14H2,1H3,(H,25,28). The van der Waals surface area contributed by atoms with Crippen LogP contribution in [0.15, 0.2) is 42.5 Å². The van der Waals surface area contributed by atoms with Gasteiger partial charge in [-0.25, -0.2) is 4.39 Å². The third kappa shape index (κ3) is 4.62. The van der Waals surface area contributed by atoms with Crippen molar-refractivity contribution < 1.29 is 23.5 Å². The minimum absolute atomic E-state index is 0.0500. The average Bonchev–Trinajstić information content (AvgIpc) is 3.37. The van der Waals surface area contributed by atoms with E-state index in [0.717, 1.165) is 25.0 Å². The SMILES string of the molecule is Cc1ccc(N2CC(C(=O)Nc3cccc(OCC4CCCO4)c3)CC2=O)c(F)c1. The summed E-state index contributed by atoms with van der Waals surface area (Å²) in [6, 6.07) is 11.9. The van der Waals surface area contributed by atoms with Gasteiger partial charge in [-0.15, -0.1) is 0 Å². The molecule has 2 saturated heterocycles. The molecule has 2 amide bonds. The topological polar surface area (TPSA) is 67.9 Å². The molecule has 2 aromatic rings. The summed E-state index contributed by atoms with van der Waals surface area (Å²) in [5, 5.41) is 2.85. The second-order valence-corrected chi connectivity index (χ2v) is 7.82. The fraction of sp³-hybridized carbons (Fsp3) is 0.391. The number of carbonyl (C=O) groups is 2. The van der Waals surface area contributed by atoms with Crippen LogP contribution in [0, 0.1) is 18.7 Å². The monoisotopic (exact) mass is 412 g/mol. The zero-order valence-electron chi connectivity index (χ0n) is 16.9. The van der Waals surface area contributed by atoms with Gasteiger partial charge in [0.1, 0.15) is 18.2 Å². The molecule has 0 radical (unpaired) electrons. The van der Waals surface area contributed by atoms with Crippen molar-refractivity contribution in [3.8, 4) is 5.75 Å². The number of hydrogen-bond donors (Lipinski definition) is 1. The highest BCUT2D eigenvalue weighted by atomic mass is 19.1. The zero-order chi connectivity index (χ0) is 21.1. The zero-order valence-corrected chi connectivity index (χ0v) is 16.9. The van der Waals surface area contributed by atoms with E-state index < -0.39 is 11.7 Å². The summed E-state index contributed by atoms with van der Waals surface area (Å²) >= 11 is 0. The Bertz CT molecular complexity index is 943. The molecule has 2 aromatic carbocycles. The number of aryl methyl sites for hydroxylation is 1. The fourth-order valence-corrected chi connectivity index (χ4v) is 3.82. The van der Waals surface area contributed by atoms with E-state index in [2.05, 4.69) is 5.32 Å². The Morgan fingerprint density at radius 3 is 2.93 bits per heavy atom. The summed E-state index contributed by atoms with van der Waals surface area (Å²) in [4.78, 5) is 26.4. The molecule has 0 aliphatic carbocycles. The van der Waals surface area contributed by atoms with Gasteiger partial charge in [0.2, 0.25) is 11.8 Å². The summed E-state index contributed by atoms with van der Waals surface area (Å²) in [6.45, 7) is 3.19. The quantitative estimate of drug-likeness (QED) is 0.786. The molecule has 2 unspecified atom stereocenters. The number of halogens is 1. The van der Waals surface area contributed by atoms with E-state index in [1.807, 2.05) is 6.07 Å². The number of ether oxygens (including phenoxy) is 2. The third-order valence-corrected chi connectivity index (χ3v) is 5.45. The van der Waals surface area contributed by atoms with Crippen LogP contribution in [0.5, 0.6) is 5.75 Å². The van der Waals surface area contributed by atoms with Crippen LogP contribution in [0.3, 0.4) is 0 Å². The number of nitrogens with zero attached hydrogens (tertiary/aromatic N) is 1. The van der Waals surface area contributed by atoms with Gasteiger partial charge >= 0.3 is 0 Å². The van der Waals surface area contributed by atoms with E-state index in [-0.39, 0.29) is 36.6 Å². The molecule has 2 aliphatic heterocycles. The lowest BCUT2D eigenvalue weighted by atomic mass is 10.1. The number of carbonyl (C=O) groups excluding carboxylic acids is 2. The Morgan fingerprint density at radius 2 is 2.17 bits per heavy atom. The van der Waals surface area contributed by atoms with Crippen LogP contribution >= 0.6 is 0 Å². The Kier molecular flexibility index (Phi) is 5.99. The van der Waals surface area contributed by atoms with E-state index >= 15 is 0 Å². The lowest BCUT2D eigenvalue weighted by molar-refractivity contribution is -0.122. The third-order valence-electron chi connectivity index (χ3n) is 5.45. The Hall–Kier alpha value is -2.93. The molecule has 30 heavy (non-hydrogen) atoms. The van der Waals surface area contributed by atoms with Gasteiger partial charge in [0.15, 0.2) is 0 Å². The van der Waals surface area contributed by atoms with Gasteiger partial charge in [0.25, 0.3) is 0 Å². The molecule has 0 aromatic heterocycles. The lowest BCUT2D eigenvalue weighted by Gasteiger charge is -2.18. The summed E-state index contributed by atoms with van der Waals surface area (Å²) in [5.41, 5.74) is 1.58. The molecule has 6 nitrogen and oxygen atoms in total. The first-order chi connectivity index (χ1) is 14.5. The predicted molar refractivity (Wildman–Crippen MR) is 111 cm³/mol.